The number of halogens is 1. The molecule has 2 rings (SSSR count). The summed E-state index contributed by atoms with van der Waals surface area (Å²) in [6.45, 7) is 3.26. The van der Waals surface area contributed by atoms with Gasteiger partial charge in [0.1, 0.15) is 5.76 Å². The van der Waals surface area contributed by atoms with Crippen LogP contribution in [0.5, 0.6) is 0 Å². The predicted molar refractivity (Wildman–Crippen MR) is 110 cm³/mol. The second-order valence-electron chi connectivity index (χ2n) is 5.85. The molecule has 1 aromatic rings. The van der Waals surface area contributed by atoms with Crippen molar-refractivity contribution in [2.75, 3.05) is 47.0 Å². The van der Waals surface area contributed by atoms with E-state index in [2.05, 4.69) is 15.6 Å². The maximum atomic E-state index is 11.5. The number of nitrogens with zero attached hydrogens (tertiary/aromatic N) is 2. The predicted octanol–water partition coefficient (Wildman–Crippen LogP) is 1.85. The lowest BCUT2D eigenvalue weighted by molar-refractivity contribution is 0.111. The van der Waals surface area contributed by atoms with Crippen LogP contribution in [0.15, 0.2) is 27.8 Å². The second kappa shape index (κ2) is 12.8. The van der Waals surface area contributed by atoms with E-state index in [0.717, 1.165) is 37.5 Å². The molecule has 148 valence electrons. The highest BCUT2D eigenvalue weighted by atomic mass is 127. The van der Waals surface area contributed by atoms with Crippen molar-refractivity contribution in [1.29, 1.82) is 0 Å². The number of nitrogens with one attached hydrogen (secondary N) is 2. The molecule has 1 saturated heterocycles. The van der Waals surface area contributed by atoms with E-state index in [-0.39, 0.29) is 36.1 Å². The average molecular weight is 480 g/mol. The first kappa shape index (κ1) is 22.6. The molecule has 0 spiro atoms. The Labute approximate surface area is 171 Å². The van der Waals surface area contributed by atoms with Crippen LogP contribution in [-0.2, 0) is 15.9 Å². The van der Waals surface area contributed by atoms with Gasteiger partial charge < -0.3 is 29.4 Å². The number of amides is 1. The summed E-state index contributed by atoms with van der Waals surface area (Å²) in [6.07, 6.45) is 3.93. The molecule has 1 aliphatic rings. The quantitative estimate of drug-likeness (QED) is 0.268. The standard InChI is InChI=1S/C17H28N4O4.HI/c1-23-13-9-19-16(18-8-5-15-4-3-12-25-15)20-14-6-10-21(11-7-14)17(22)24-2;/h3-4,12,14H,5-11,13H2,1-2H3,(H2,18,19,20);1H. The maximum Gasteiger partial charge on any atom is 0.409 e. The first-order valence-corrected chi connectivity index (χ1v) is 8.62. The number of likely N-dealkylation sites (tertiary alicyclic amines) is 1. The molecular weight excluding hydrogens is 451 g/mol. The maximum absolute atomic E-state index is 11.5. The molecule has 0 saturated carbocycles. The number of carbonyl (C=O) groups is 1. The number of carbonyl (C=O) groups excluding carboxylic acids is 1. The van der Waals surface area contributed by atoms with Gasteiger partial charge in [0.15, 0.2) is 5.96 Å². The summed E-state index contributed by atoms with van der Waals surface area (Å²) < 4.78 is 15.2. The van der Waals surface area contributed by atoms with Gasteiger partial charge in [-0.3, -0.25) is 4.99 Å². The lowest BCUT2D eigenvalue weighted by Gasteiger charge is -2.32. The lowest BCUT2D eigenvalue weighted by atomic mass is 10.1. The van der Waals surface area contributed by atoms with Crippen LogP contribution >= 0.6 is 24.0 Å². The van der Waals surface area contributed by atoms with Gasteiger partial charge >= 0.3 is 6.09 Å². The number of methoxy groups -OCH3 is 2. The first-order valence-electron chi connectivity index (χ1n) is 8.62. The molecule has 9 heteroatoms. The molecule has 1 aliphatic heterocycles. The minimum atomic E-state index is -0.260. The Balaban J connectivity index is 0.00000338. The zero-order valence-corrected chi connectivity index (χ0v) is 17.7. The van der Waals surface area contributed by atoms with E-state index in [4.69, 9.17) is 13.9 Å². The average Bonchev–Trinajstić information content (AvgIpc) is 3.15. The second-order valence-corrected chi connectivity index (χ2v) is 5.85. The number of hydrogen-bond acceptors (Lipinski definition) is 5. The minimum absolute atomic E-state index is 0. The van der Waals surface area contributed by atoms with E-state index < -0.39 is 0 Å². The number of guanidine groups is 1. The fraction of sp³-hybridized carbons (Fsp3) is 0.647. The van der Waals surface area contributed by atoms with Crippen LogP contribution in [0.4, 0.5) is 4.79 Å². The summed E-state index contributed by atoms with van der Waals surface area (Å²) in [7, 11) is 3.08. The van der Waals surface area contributed by atoms with Crippen LogP contribution in [0, 0.1) is 0 Å². The zero-order chi connectivity index (χ0) is 17.9. The highest BCUT2D eigenvalue weighted by Crippen LogP contribution is 2.11. The van der Waals surface area contributed by atoms with E-state index in [9.17, 15) is 4.79 Å². The van der Waals surface area contributed by atoms with Crippen molar-refractivity contribution < 1.29 is 18.7 Å². The summed E-state index contributed by atoms with van der Waals surface area (Å²) in [5.41, 5.74) is 0. The molecule has 0 aliphatic carbocycles. The van der Waals surface area contributed by atoms with Crippen LogP contribution in [-0.4, -0.2) is 70.0 Å². The highest BCUT2D eigenvalue weighted by molar-refractivity contribution is 14.0. The van der Waals surface area contributed by atoms with Gasteiger partial charge in [0.05, 0.1) is 26.5 Å². The normalized spacial score (nSPS) is 15.3. The molecule has 0 radical (unpaired) electrons. The molecule has 0 unspecified atom stereocenters. The van der Waals surface area contributed by atoms with Gasteiger partial charge in [0.2, 0.25) is 0 Å². The Hall–Kier alpha value is -1.49. The van der Waals surface area contributed by atoms with Gasteiger partial charge in [-0.25, -0.2) is 4.79 Å². The molecule has 0 atom stereocenters. The van der Waals surface area contributed by atoms with Gasteiger partial charge in [0, 0.05) is 39.2 Å². The topological polar surface area (TPSA) is 88.3 Å². The highest BCUT2D eigenvalue weighted by Gasteiger charge is 2.23. The van der Waals surface area contributed by atoms with Crippen molar-refractivity contribution in [3.63, 3.8) is 0 Å². The van der Waals surface area contributed by atoms with Crippen molar-refractivity contribution in [2.45, 2.75) is 25.3 Å². The largest absolute Gasteiger partial charge is 0.469 e. The third kappa shape index (κ3) is 7.81. The number of ether oxygens (including phenoxy) is 2. The van der Waals surface area contributed by atoms with Gasteiger partial charge in [-0.1, -0.05) is 0 Å². The van der Waals surface area contributed by atoms with Gasteiger partial charge in [-0.05, 0) is 25.0 Å². The molecule has 0 bridgehead atoms. The van der Waals surface area contributed by atoms with Crippen molar-refractivity contribution in [3.8, 4) is 0 Å². The number of furan rings is 1. The fourth-order valence-electron chi connectivity index (χ4n) is 2.69. The van der Waals surface area contributed by atoms with E-state index in [0.29, 0.717) is 26.2 Å². The third-order valence-electron chi connectivity index (χ3n) is 4.08. The van der Waals surface area contributed by atoms with Gasteiger partial charge in [-0.15, -0.1) is 24.0 Å². The molecule has 1 aromatic heterocycles. The summed E-state index contributed by atoms with van der Waals surface area (Å²) >= 11 is 0. The number of aliphatic imine (C=N–C) groups is 1. The molecule has 0 aromatic carbocycles. The number of piperidine rings is 1. The Morgan fingerprint density at radius 2 is 2.15 bits per heavy atom. The first-order chi connectivity index (χ1) is 12.2. The summed E-state index contributed by atoms with van der Waals surface area (Å²) in [5.74, 6) is 1.70. The van der Waals surface area contributed by atoms with Crippen LogP contribution in [0.3, 0.4) is 0 Å². The molecule has 1 fully saturated rings. The molecule has 26 heavy (non-hydrogen) atoms. The van der Waals surface area contributed by atoms with E-state index in [1.54, 1.807) is 18.3 Å². The summed E-state index contributed by atoms with van der Waals surface area (Å²) in [6, 6.07) is 4.12. The lowest BCUT2D eigenvalue weighted by Crippen LogP contribution is -2.50. The summed E-state index contributed by atoms with van der Waals surface area (Å²) in [5, 5.41) is 6.77. The third-order valence-corrected chi connectivity index (χ3v) is 4.08. The molecule has 2 N–H and O–H groups in total. The minimum Gasteiger partial charge on any atom is -0.469 e. The molecule has 1 amide bonds. The van der Waals surface area contributed by atoms with Gasteiger partial charge in [0.25, 0.3) is 0 Å². The van der Waals surface area contributed by atoms with Crippen LogP contribution < -0.4 is 10.6 Å². The Morgan fingerprint density at radius 3 is 2.77 bits per heavy atom. The van der Waals surface area contributed by atoms with Crippen LogP contribution in [0.2, 0.25) is 0 Å². The van der Waals surface area contributed by atoms with Crippen molar-refractivity contribution >= 4 is 36.0 Å². The van der Waals surface area contributed by atoms with E-state index in [1.807, 2.05) is 12.1 Å². The van der Waals surface area contributed by atoms with Gasteiger partial charge in [-0.2, -0.15) is 0 Å². The van der Waals surface area contributed by atoms with E-state index >= 15 is 0 Å². The monoisotopic (exact) mass is 480 g/mol. The smallest absolute Gasteiger partial charge is 0.409 e. The molecule has 8 nitrogen and oxygen atoms in total. The Bertz CT molecular complexity index is 531. The molecular formula is C17H29IN4O4. The number of rotatable bonds is 7. The fourth-order valence-corrected chi connectivity index (χ4v) is 2.69. The van der Waals surface area contributed by atoms with Crippen molar-refractivity contribution in [1.82, 2.24) is 15.5 Å². The van der Waals surface area contributed by atoms with Crippen molar-refractivity contribution in [3.05, 3.63) is 24.2 Å². The number of hydrogen-bond donors (Lipinski definition) is 2. The SMILES string of the molecule is COCCN=C(NCCc1ccco1)NC1CCN(C(=O)OC)CC1.I. The van der Waals surface area contributed by atoms with Crippen LogP contribution in [0.25, 0.3) is 0 Å². The summed E-state index contributed by atoms with van der Waals surface area (Å²) in [4.78, 5) is 17.8. The van der Waals surface area contributed by atoms with E-state index in [1.165, 1.54) is 7.11 Å². The zero-order valence-electron chi connectivity index (χ0n) is 15.4. The Kier molecular flexibility index (Phi) is 11.1. The van der Waals surface area contributed by atoms with Crippen molar-refractivity contribution in [2.24, 2.45) is 4.99 Å². The Morgan fingerprint density at radius 1 is 1.38 bits per heavy atom. The van der Waals surface area contributed by atoms with Crippen LogP contribution in [0.1, 0.15) is 18.6 Å². The molecule has 2 heterocycles.